The molecule has 0 radical (unpaired) electrons. The van der Waals surface area contributed by atoms with Gasteiger partial charge in [-0.15, -0.1) is 0 Å². The largest absolute Gasteiger partial charge is 0.387 e. The van der Waals surface area contributed by atoms with Crippen LogP contribution in [0.5, 0.6) is 0 Å². The average Bonchev–Trinajstić information content (AvgIpc) is 1.85. The van der Waals surface area contributed by atoms with Crippen LogP contribution in [0.15, 0.2) is 0 Å². The Balaban J connectivity index is 2.16. The molecule has 0 aromatic rings. The van der Waals surface area contributed by atoms with Crippen LogP contribution in [0.4, 0.5) is 4.39 Å². The Kier molecular flexibility index (Phi) is 2.26. The van der Waals surface area contributed by atoms with Crippen LogP contribution in [0, 0.1) is 0 Å². The summed E-state index contributed by atoms with van der Waals surface area (Å²) < 4.78 is 12.0. The van der Waals surface area contributed by atoms with Gasteiger partial charge in [0.2, 0.25) is 0 Å². The highest BCUT2D eigenvalue weighted by molar-refractivity contribution is 4.97. The molecule has 0 saturated heterocycles. The van der Waals surface area contributed by atoms with Crippen LogP contribution >= 0.6 is 0 Å². The van der Waals surface area contributed by atoms with E-state index >= 15 is 0 Å². The fraction of sp³-hybridized carbons (Fsp3) is 1.00. The zero-order valence-electron chi connectivity index (χ0n) is 6.23. The van der Waals surface area contributed by atoms with Crippen LogP contribution in [0.3, 0.4) is 0 Å². The first-order valence-electron chi connectivity index (χ1n) is 3.72. The van der Waals surface area contributed by atoms with Gasteiger partial charge in [-0.3, -0.25) is 0 Å². The molecule has 1 aliphatic carbocycles. The van der Waals surface area contributed by atoms with Gasteiger partial charge in [0.05, 0.1) is 5.60 Å². The summed E-state index contributed by atoms with van der Waals surface area (Å²) in [5.41, 5.74) is -0.993. The van der Waals surface area contributed by atoms with Gasteiger partial charge in [0.1, 0.15) is 6.67 Å². The summed E-state index contributed by atoms with van der Waals surface area (Å²) in [4.78, 5) is 0. The van der Waals surface area contributed by atoms with Gasteiger partial charge in [-0.25, -0.2) is 4.39 Å². The molecule has 0 atom stereocenters. The Hall–Kier alpha value is -0.150. The number of rotatable bonds is 3. The summed E-state index contributed by atoms with van der Waals surface area (Å²) in [7, 11) is 0. The van der Waals surface area contributed by atoms with E-state index in [9.17, 15) is 9.50 Å². The van der Waals surface area contributed by atoms with E-state index in [1.807, 2.05) is 6.92 Å². The minimum absolute atomic E-state index is 0.339. The zero-order valence-corrected chi connectivity index (χ0v) is 6.23. The van der Waals surface area contributed by atoms with Crippen LogP contribution in [0.2, 0.25) is 0 Å². The molecular weight excluding hydrogens is 133 g/mol. The molecule has 0 amide bonds. The Morgan fingerprint density at radius 2 is 2.30 bits per heavy atom. The van der Waals surface area contributed by atoms with Crippen LogP contribution in [0.1, 0.15) is 19.8 Å². The summed E-state index contributed by atoms with van der Waals surface area (Å²) in [5, 5.41) is 12.3. The van der Waals surface area contributed by atoms with Crippen LogP contribution in [-0.4, -0.2) is 30.0 Å². The van der Waals surface area contributed by atoms with E-state index < -0.39 is 12.3 Å². The van der Waals surface area contributed by atoms with Gasteiger partial charge in [0.25, 0.3) is 0 Å². The number of hydrogen-bond donors (Lipinski definition) is 2. The summed E-state index contributed by atoms with van der Waals surface area (Å²) in [5.74, 6) is 0. The summed E-state index contributed by atoms with van der Waals surface area (Å²) in [6, 6.07) is 0.339. The van der Waals surface area contributed by atoms with Crippen molar-refractivity contribution in [2.45, 2.75) is 31.4 Å². The van der Waals surface area contributed by atoms with E-state index in [0.717, 1.165) is 6.54 Å². The van der Waals surface area contributed by atoms with Gasteiger partial charge in [0, 0.05) is 6.04 Å². The monoisotopic (exact) mass is 147 g/mol. The maximum atomic E-state index is 12.0. The smallest absolute Gasteiger partial charge is 0.118 e. The molecule has 0 aliphatic heterocycles. The predicted molar refractivity (Wildman–Crippen MR) is 37.6 cm³/mol. The van der Waals surface area contributed by atoms with Crippen LogP contribution in [-0.2, 0) is 0 Å². The SMILES string of the molecule is CCNC1CC(O)(CF)C1. The van der Waals surface area contributed by atoms with E-state index in [1.54, 1.807) is 0 Å². The van der Waals surface area contributed by atoms with E-state index in [2.05, 4.69) is 5.32 Å². The number of alkyl halides is 1. The molecular formula is C7H14FNO. The van der Waals surface area contributed by atoms with E-state index in [-0.39, 0.29) is 0 Å². The second-order valence-corrected chi connectivity index (χ2v) is 3.02. The average molecular weight is 147 g/mol. The Morgan fingerprint density at radius 1 is 1.70 bits per heavy atom. The maximum Gasteiger partial charge on any atom is 0.118 e. The lowest BCUT2D eigenvalue weighted by Crippen LogP contribution is -2.54. The van der Waals surface area contributed by atoms with Crippen molar-refractivity contribution in [3.63, 3.8) is 0 Å². The number of nitrogens with one attached hydrogen (secondary N) is 1. The standard InChI is InChI=1S/C7H14FNO/c1-2-9-6-3-7(10,4-6)5-8/h6,9-10H,2-5H2,1H3. The van der Waals surface area contributed by atoms with E-state index in [0.29, 0.717) is 18.9 Å². The predicted octanol–water partition coefficient (Wildman–Crippen LogP) is 0.459. The molecule has 0 aromatic heterocycles. The molecule has 2 nitrogen and oxygen atoms in total. The van der Waals surface area contributed by atoms with Gasteiger partial charge in [-0.05, 0) is 19.4 Å². The first kappa shape index (κ1) is 7.95. The molecule has 0 aromatic carbocycles. The lowest BCUT2D eigenvalue weighted by molar-refractivity contribution is -0.0714. The number of hydrogen-bond acceptors (Lipinski definition) is 2. The van der Waals surface area contributed by atoms with Crippen molar-refractivity contribution >= 4 is 0 Å². The third kappa shape index (κ3) is 1.47. The van der Waals surface area contributed by atoms with Crippen molar-refractivity contribution < 1.29 is 9.50 Å². The lowest BCUT2D eigenvalue weighted by Gasteiger charge is -2.41. The van der Waals surface area contributed by atoms with E-state index in [4.69, 9.17) is 0 Å². The molecule has 2 N–H and O–H groups in total. The highest BCUT2D eigenvalue weighted by Gasteiger charge is 2.42. The minimum atomic E-state index is -0.993. The normalized spacial score (nSPS) is 39.3. The molecule has 0 heterocycles. The third-order valence-corrected chi connectivity index (χ3v) is 1.99. The number of aliphatic hydroxyl groups is 1. The van der Waals surface area contributed by atoms with E-state index in [1.165, 1.54) is 0 Å². The fourth-order valence-corrected chi connectivity index (χ4v) is 1.40. The highest BCUT2D eigenvalue weighted by atomic mass is 19.1. The zero-order chi connectivity index (χ0) is 7.61. The molecule has 1 saturated carbocycles. The van der Waals surface area contributed by atoms with Crippen LogP contribution < -0.4 is 5.32 Å². The molecule has 10 heavy (non-hydrogen) atoms. The molecule has 1 rings (SSSR count). The van der Waals surface area contributed by atoms with Crippen molar-refractivity contribution in [2.75, 3.05) is 13.2 Å². The summed E-state index contributed by atoms with van der Waals surface area (Å²) in [6.07, 6.45) is 1.13. The Bertz CT molecular complexity index is 112. The molecule has 0 spiro atoms. The van der Waals surface area contributed by atoms with Crippen molar-refractivity contribution in [3.05, 3.63) is 0 Å². The molecule has 0 unspecified atom stereocenters. The first-order chi connectivity index (χ1) is 4.70. The minimum Gasteiger partial charge on any atom is -0.387 e. The highest BCUT2D eigenvalue weighted by Crippen LogP contribution is 2.32. The van der Waals surface area contributed by atoms with Gasteiger partial charge < -0.3 is 10.4 Å². The summed E-state index contributed by atoms with van der Waals surface area (Å²) in [6.45, 7) is 2.30. The van der Waals surface area contributed by atoms with Gasteiger partial charge in [-0.2, -0.15) is 0 Å². The number of halogens is 1. The van der Waals surface area contributed by atoms with Gasteiger partial charge in [0.15, 0.2) is 0 Å². The maximum absolute atomic E-state index is 12.0. The summed E-state index contributed by atoms with van der Waals surface area (Å²) >= 11 is 0. The Labute approximate surface area is 60.4 Å². The second kappa shape index (κ2) is 2.84. The van der Waals surface area contributed by atoms with Crippen LogP contribution in [0.25, 0.3) is 0 Å². The lowest BCUT2D eigenvalue weighted by atomic mass is 9.77. The van der Waals surface area contributed by atoms with Gasteiger partial charge >= 0.3 is 0 Å². The second-order valence-electron chi connectivity index (χ2n) is 3.02. The fourth-order valence-electron chi connectivity index (χ4n) is 1.40. The first-order valence-corrected chi connectivity index (χ1v) is 3.72. The molecule has 3 heteroatoms. The van der Waals surface area contributed by atoms with Crippen molar-refractivity contribution in [2.24, 2.45) is 0 Å². The molecule has 0 bridgehead atoms. The van der Waals surface area contributed by atoms with Gasteiger partial charge in [-0.1, -0.05) is 6.92 Å². The molecule has 1 aliphatic rings. The molecule has 60 valence electrons. The van der Waals surface area contributed by atoms with Crippen molar-refractivity contribution in [3.8, 4) is 0 Å². The quantitative estimate of drug-likeness (QED) is 0.607. The topological polar surface area (TPSA) is 32.3 Å². The Morgan fingerprint density at radius 3 is 2.70 bits per heavy atom. The molecule has 1 fully saturated rings. The van der Waals surface area contributed by atoms with Crippen molar-refractivity contribution in [1.29, 1.82) is 0 Å². The third-order valence-electron chi connectivity index (χ3n) is 1.99. The van der Waals surface area contributed by atoms with Crippen molar-refractivity contribution in [1.82, 2.24) is 5.32 Å².